The molecule has 27 heavy (non-hydrogen) atoms. The van der Waals surface area contributed by atoms with E-state index < -0.39 is 5.41 Å². The highest BCUT2D eigenvalue weighted by Gasteiger charge is 2.41. The molecule has 0 amide bonds. The molecule has 0 bridgehead atoms. The lowest BCUT2D eigenvalue weighted by Gasteiger charge is -2.30. The molecule has 5 heteroatoms. The van der Waals surface area contributed by atoms with Crippen LogP contribution in [-0.4, -0.2) is 37.3 Å². The minimum atomic E-state index is -0.454. The highest BCUT2D eigenvalue weighted by atomic mass is 16.5. The smallest absolute Gasteiger partial charge is 0.197 e. The molecule has 4 rings (SSSR count). The third kappa shape index (κ3) is 2.93. The van der Waals surface area contributed by atoms with E-state index in [0.717, 1.165) is 16.5 Å². The van der Waals surface area contributed by atoms with Crippen LogP contribution in [0.25, 0.3) is 11.0 Å². The molecule has 0 saturated carbocycles. The van der Waals surface area contributed by atoms with Gasteiger partial charge in [-0.3, -0.25) is 4.79 Å². The second kappa shape index (κ2) is 6.83. The minimum Gasteiger partial charge on any atom is -0.491 e. The van der Waals surface area contributed by atoms with Gasteiger partial charge < -0.3 is 19.0 Å². The van der Waals surface area contributed by atoms with Gasteiger partial charge in [-0.1, -0.05) is 18.2 Å². The molecule has 3 aromatic rings. The van der Waals surface area contributed by atoms with Crippen LogP contribution in [0.15, 0.2) is 46.9 Å². The number of aliphatic hydroxyl groups is 1. The molecule has 0 spiro atoms. The molecule has 0 atom stereocenters. The maximum atomic E-state index is 13.2. The number of ether oxygens (including phenoxy) is 2. The zero-order valence-corrected chi connectivity index (χ0v) is 15.5. The predicted molar refractivity (Wildman–Crippen MR) is 102 cm³/mol. The quantitative estimate of drug-likeness (QED) is 0.674. The van der Waals surface area contributed by atoms with Crippen molar-refractivity contribution in [3.8, 4) is 5.75 Å². The Hall–Kier alpha value is -2.63. The van der Waals surface area contributed by atoms with Gasteiger partial charge in [-0.25, -0.2) is 0 Å². The largest absolute Gasteiger partial charge is 0.491 e. The lowest BCUT2D eigenvalue weighted by molar-refractivity contribution is 0.0705. The summed E-state index contributed by atoms with van der Waals surface area (Å²) in [6, 6.07) is 13.2. The first kappa shape index (κ1) is 17.8. The number of aliphatic hydroxyl groups excluding tert-OH is 1. The fraction of sp³-hybridized carbons (Fsp3) is 0.318. The fourth-order valence-corrected chi connectivity index (χ4v) is 3.68. The molecule has 0 fully saturated rings. The molecule has 1 N–H and O–H groups in total. The van der Waals surface area contributed by atoms with Gasteiger partial charge in [0, 0.05) is 16.4 Å². The second-order valence-electron chi connectivity index (χ2n) is 7.15. The average molecular weight is 366 g/mol. The molecule has 1 aliphatic carbocycles. The molecule has 0 unspecified atom stereocenters. The van der Waals surface area contributed by atoms with E-state index in [1.807, 2.05) is 42.5 Å². The fourth-order valence-electron chi connectivity index (χ4n) is 3.68. The molecule has 0 saturated heterocycles. The van der Waals surface area contributed by atoms with E-state index >= 15 is 0 Å². The molecular formula is C22H22O5. The van der Waals surface area contributed by atoms with Gasteiger partial charge >= 0.3 is 0 Å². The van der Waals surface area contributed by atoms with Crippen molar-refractivity contribution in [2.24, 2.45) is 0 Å². The van der Waals surface area contributed by atoms with Crippen LogP contribution in [0.5, 0.6) is 5.75 Å². The van der Waals surface area contributed by atoms with Crippen molar-refractivity contribution in [3.63, 3.8) is 0 Å². The monoisotopic (exact) mass is 366 g/mol. The molecule has 1 aliphatic rings. The number of para-hydroxylation sites is 1. The normalized spacial score (nSPS) is 14.9. The minimum absolute atomic E-state index is 0.00498. The zero-order chi connectivity index (χ0) is 19.0. The highest BCUT2D eigenvalue weighted by Crippen LogP contribution is 2.46. The third-order valence-electron chi connectivity index (χ3n) is 5.03. The van der Waals surface area contributed by atoms with Crippen LogP contribution < -0.4 is 4.74 Å². The summed E-state index contributed by atoms with van der Waals surface area (Å²) in [5.74, 6) is 1.37. The van der Waals surface area contributed by atoms with Gasteiger partial charge in [0.15, 0.2) is 5.78 Å². The van der Waals surface area contributed by atoms with Crippen LogP contribution in [0.4, 0.5) is 0 Å². The summed E-state index contributed by atoms with van der Waals surface area (Å²) in [5.41, 5.74) is 2.52. The summed E-state index contributed by atoms with van der Waals surface area (Å²) in [5, 5.41) is 9.58. The maximum absolute atomic E-state index is 13.2. The van der Waals surface area contributed by atoms with Crippen molar-refractivity contribution < 1.29 is 23.8 Å². The van der Waals surface area contributed by atoms with Crippen LogP contribution in [0.1, 0.15) is 41.1 Å². The Morgan fingerprint density at radius 1 is 1.07 bits per heavy atom. The van der Waals surface area contributed by atoms with Crippen LogP contribution in [0.2, 0.25) is 0 Å². The van der Waals surface area contributed by atoms with Crippen LogP contribution >= 0.6 is 0 Å². The lowest BCUT2D eigenvalue weighted by atomic mass is 9.72. The van der Waals surface area contributed by atoms with Crippen molar-refractivity contribution in [1.82, 2.24) is 0 Å². The molecule has 1 aromatic heterocycles. The van der Waals surface area contributed by atoms with Gasteiger partial charge in [-0.05, 0) is 43.7 Å². The highest BCUT2D eigenvalue weighted by molar-refractivity contribution is 6.19. The van der Waals surface area contributed by atoms with E-state index in [0.29, 0.717) is 42.5 Å². The first-order valence-corrected chi connectivity index (χ1v) is 9.06. The summed E-state index contributed by atoms with van der Waals surface area (Å²) in [7, 11) is 0. The SMILES string of the molecule is CC1(C)c2cc(OCCOCCO)ccc2C(=O)c2c1oc1ccccc21. The topological polar surface area (TPSA) is 68.9 Å². The van der Waals surface area contributed by atoms with Crippen LogP contribution in [-0.2, 0) is 10.2 Å². The third-order valence-corrected chi connectivity index (χ3v) is 5.03. The number of carbonyl (C=O) groups excluding carboxylic acids is 1. The number of fused-ring (bicyclic) bond motifs is 4. The molecule has 0 aliphatic heterocycles. The standard InChI is InChI=1S/C22H22O5/c1-22(2)17-13-14(26-12-11-25-10-9-23)7-8-15(17)20(24)19-16-5-3-4-6-18(16)27-21(19)22/h3-8,13,23H,9-12H2,1-2H3. The Morgan fingerprint density at radius 2 is 1.89 bits per heavy atom. The second-order valence-corrected chi connectivity index (χ2v) is 7.15. The number of rotatable bonds is 6. The Bertz CT molecular complexity index is 999. The van der Waals surface area contributed by atoms with Gasteiger partial charge in [0.1, 0.15) is 23.7 Å². The lowest BCUT2D eigenvalue weighted by Crippen LogP contribution is -2.29. The average Bonchev–Trinajstić information content (AvgIpc) is 3.07. The van der Waals surface area contributed by atoms with Gasteiger partial charge in [0.2, 0.25) is 0 Å². The first-order chi connectivity index (χ1) is 13.0. The molecule has 0 radical (unpaired) electrons. The number of ketones is 1. The van der Waals surface area contributed by atoms with E-state index in [1.54, 1.807) is 0 Å². The van der Waals surface area contributed by atoms with E-state index in [2.05, 4.69) is 13.8 Å². The summed E-state index contributed by atoms with van der Waals surface area (Å²) >= 11 is 0. The van der Waals surface area contributed by atoms with E-state index in [1.165, 1.54) is 0 Å². The van der Waals surface area contributed by atoms with Gasteiger partial charge in [-0.15, -0.1) is 0 Å². The predicted octanol–water partition coefficient (Wildman–Crippen LogP) is 3.69. The molecule has 140 valence electrons. The maximum Gasteiger partial charge on any atom is 0.197 e. The van der Waals surface area contributed by atoms with Crippen molar-refractivity contribution in [1.29, 1.82) is 0 Å². The Morgan fingerprint density at radius 3 is 2.70 bits per heavy atom. The van der Waals surface area contributed by atoms with Gasteiger partial charge in [0.05, 0.1) is 25.4 Å². The number of benzene rings is 2. The van der Waals surface area contributed by atoms with E-state index in [9.17, 15) is 4.79 Å². The number of furan rings is 1. The molecular weight excluding hydrogens is 344 g/mol. The van der Waals surface area contributed by atoms with Crippen molar-refractivity contribution in [3.05, 3.63) is 64.9 Å². The number of hydrogen-bond acceptors (Lipinski definition) is 5. The van der Waals surface area contributed by atoms with Crippen molar-refractivity contribution in [2.75, 3.05) is 26.4 Å². The number of hydrogen-bond donors (Lipinski definition) is 1. The van der Waals surface area contributed by atoms with Gasteiger partial charge in [0.25, 0.3) is 0 Å². The van der Waals surface area contributed by atoms with Gasteiger partial charge in [-0.2, -0.15) is 0 Å². The van der Waals surface area contributed by atoms with Crippen LogP contribution in [0, 0.1) is 0 Å². The van der Waals surface area contributed by atoms with E-state index in [-0.39, 0.29) is 12.4 Å². The first-order valence-electron chi connectivity index (χ1n) is 9.06. The Labute approximate surface area is 157 Å². The Kier molecular flexibility index (Phi) is 4.50. The van der Waals surface area contributed by atoms with Crippen LogP contribution in [0.3, 0.4) is 0 Å². The molecule has 1 heterocycles. The molecule has 2 aromatic carbocycles. The summed E-state index contributed by atoms with van der Waals surface area (Å²) < 4.78 is 17.0. The summed E-state index contributed by atoms with van der Waals surface area (Å²) in [4.78, 5) is 13.2. The van der Waals surface area contributed by atoms with Crippen molar-refractivity contribution >= 4 is 16.8 Å². The summed E-state index contributed by atoms with van der Waals surface area (Å²) in [6.45, 7) is 5.19. The van der Waals surface area contributed by atoms with Crippen molar-refractivity contribution in [2.45, 2.75) is 19.3 Å². The zero-order valence-electron chi connectivity index (χ0n) is 15.5. The summed E-state index contributed by atoms with van der Waals surface area (Å²) in [6.07, 6.45) is 0. The Balaban J connectivity index is 1.69. The number of carbonyl (C=O) groups is 1. The molecule has 5 nitrogen and oxygen atoms in total. The van der Waals surface area contributed by atoms with E-state index in [4.69, 9.17) is 19.0 Å².